The monoisotopic (exact) mass is 1400 g/mol. The fourth-order valence-corrected chi connectivity index (χ4v) is 15.5. The molecule has 0 amide bonds. The average molecular weight is 1400 g/mol. The molecule has 0 aliphatic rings. The number of hydrogen-bond acceptors (Lipinski definition) is 6. The zero-order valence-corrected chi connectivity index (χ0v) is 61.9. The maximum absolute atomic E-state index is 2.33. The van der Waals surface area contributed by atoms with E-state index in [4.69, 9.17) is 0 Å². The Hall–Kier alpha value is -13.9. The quantitative estimate of drug-likeness (QED) is 0.0747. The summed E-state index contributed by atoms with van der Waals surface area (Å²) in [5.74, 6) is 0. The van der Waals surface area contributed by atoms with Gasteiger partial charge in [-0.25, -0.2) is 0 Å². The van der Waals surface area contributed by atoms with Crippen molar-refractivity contribution in [1.29, 1.82) is 0 Å². The van der Waals surface area contributed by atoms with Crippen LogP contribution in [-0.2, 0) is 0 Å². The Labute approximate surface area is 638 Å². The summed E-state index contributed by atoms with van der Waals surface area (Å²) in [6.45, 7) is 4.24. The summed E-state index contributed by atoms with van der Waals surface area (Å²) < 4.78 is 0. The molecule has 0 aromatic heterocycles. The SMILES string of the molecule is CN(c1ccc(N(c2ccccc2)c2ccc3ccccc3c2)cc1)c1ccc2c3cccc4cccc(c5cccc1c52)c43.Cc1ccc(N(C)c2ccc(N(c3ccccc3)c3ccc4ccccc4c3)cc2)cc1.Cc1cccc(N(C)c2ccc(N(c3ccccc3)c3ccc4ccccc4c3)cc2)c1. The molecule has 19 aromatic rings. The number of anilines is 15. The van der Waals surface area contributed by atoms with Gasteiger partial charge in [-0.3, -0.25) is 0 Å². The molecule has 109 heavy (non-hydrogen) atoms. The zero-order chi connectivity index (χ0) is 73.7. The summed E-state index contributed by atoms with van der Waals surface area (Å²) in [6, 6.07) is 146. The molecule has 0 saturated carbocycles. The van der Waals surface area contributed by atoms with Crippen molar-refractivity contribution in [3.8, 4) is 0 Å². The van der Waals surface area contributed by atoms with Crippen molar-refractivity contribution < 1.29 is 0 Å². The predicted octanol–water partition coefficient (Wildman–Crippen LogP) is 28.9. The first-order valence-corrected chi connectivity index (χ1v) is 37.4. The number of aryl methyl sites for hydroxylation is 2. The lowest BCUT2D eigenvalue weighted by molar-refractivity contribution is 1.20. The van der Waals surface area contributed by atoms with Crippen LogP contribution in [0.15, 0.2) is 406 Å². The standard InChI is InChI=1S/C43H30N2.2C30H26N2/c1-44(41-27-26-39-37-17-8-13-30-12-7-16-36(42(30)37)38-18-9-19-40(41)43(38)39)32-22-24-34(25-23-32)45(33-14-3-2-4-15-33)35-21-20-29-10-5-6-11-31(29)28-35;1-23-9-8-14-29(21-23)31(2)26-17-19-28(20-18-26)32(27-12-4-3-5-13-27)30-16-15-24-10-6-7-11-25(24)22-30;1-23-12-15-26(16-13-23)31(2)27-18-20-29(21-19-27)32(28-10-4-3-5-11-28)30-17-14-24-8-6-7-9-25(24)22-30/h2-28H,1H3;2*3-22H,1-2H3. The first kappa shape index (κ1) is 68.2. The van der Waals surface area contributed by atoms with Crippen LogP contribution in [0.4, 0.5) is 85.3 Å². The lowest BCUT2D eigenvalue weighted by atomic mass is 9.89. The fourth-order valence-electron chi connectivity index (χ4n) is 15.5. The van der Waals surface area contributed by atoms with Crippen LogP contribution in [0.25, 0.3) is 75.4 Å². The second-order valence-electron chi connectivity index (χ2n) is 28.1. The highest BCUT2D eigenvalue weighted by atomic mass is 15.2. The molecule has 0 aliphatic carbocycles. The molecule has 0 aliphatic heterocycles. The van der Waals surface area contributed by atoms with Crippen molar-refractivity contribution in [2.24, 2.45) is 0 Å². The van der Waals surface area contributed by atoms with E-state index in [1.807, 2.05) is 0 Å². The van der Waals surface area contributed by atoms with Crippen LogP contribution < -0.4 is 29.4 Å². The van der Waals surface area contributed by atoms with Gasteiger partial charge in [0.1, 0.15) is 0 Å². The molecule has 0 saturated heterocycles. The van der Waals surface area contributed by atoms with Crippen molar-refractivity contribution >= 4 is 161 Å². The summed E-state index contributed by atoms with van der Waals surface area (Å²) in [4.78, 5) is 13.7. The highest BCUT2D eigenvalue weighted by Gasteiger charge is 2.21. The summed E-state index contributed by atoms with van der Waals surface area (Å²) >= 11 is 0. The Balaban J connectivity index is 0.000000122. The van der Waals surface area contributed by atoms with E-state index in [0.29, 0.717) is 0 Å². The average Bonchev–Trinajstić information content (AvgIpc) is 0.713. The molecule has 0 heterocycles. The third-order valence-corrected chi connectivity index (χ3v) is 21.2. The van der Waals surface area contributed by atoms with Crippen LogP contribution in [0.3, 0.4) is 0 Å². The lowest BCUT2D eigenvalue weighted by Gasteiger charge is -2.27. The van der Waals surface area contributed by atoms with Gasteiger partial charge in [-0.05, 0) is 265 Å². The van der Waals surface area contributed by atoms with Crippen molar-refractivity contribution in [1.82, 2.24) is 0 Å². The molecule has 0 N–H and O–H groups in total. The van der Waals surface area contributed by atoms with E-state index < -0.39 is 0 Å². The second kappa shape index (κ2) is 30.3. The molecular formula is C103H82N6. The summed E-state index contributed by atoms with van der Waals surface area (Å²) in [5.41, 5.74) is 19.8. The van der Waals surface area contributed by atoms with E-state index in [0.717, 1.165) is 68.2 Å². The predicted molar refractivity (Wildman–Crippen MR) is 470 cm³/mol. The largest absolute Gasteiger partial charge is 0.345 e. The Morgan fingerprint density at radius 1 is 0.156 bits per heavy atom. The molecule has 19 aromatic carbocycles. The summed E-state index contributed by atoms with van der Waals surface area (Å²) in [5, 5.41) is 18.0. The van der Waals surface area contributed by atoms with Crippen LogP contribution in [0.5, 0.6) is 0 Å². The molecule has 6 heteroatoms. The minimum atomic E-state index is 1.12. The van der Waals surface area contributed by atoms with Gasteiger partial charge >= 0.3 is 0 Å². The molecule has 0 atom stereocenters. The van der Waals surface area contributed by atoms with Gasteiger partial charge in [0.05, 0.1) is 0 Å². The van der Waals surface area contributed by atoms with Crippen LogP contribution in [0.2, 0.25) is 0 Å². The highest BCUT2D eigenvalue weighted by Crippen LogP contribution is 2.46. The van der Waals surface area contributed by atoms with Crippen LogP contribution in [-0.4, -0.2) is 21.1 Å². The number of benzene rings is 19. The topological polar surface area (TPSA) is 19.4 Å². The van der Waals surface area contributed by atoms with E-state index in [9.17, 15) is 0 Å². The van der Waals surface area contributed by atoms with Gasteiger partial charge in [-0.2, -0.15) is 0 Å². The number of rotatable bonds is 15. The number of fused-ring (bicyclic) bond motifs is 5. The maximum Gasteiger partial charge on any atom is 0.0488 e. The van der Waals surface area contributed by atoms with Gasteiger partial charge in [0.25, 0.3) is 0 Å². The number of nitrogens with zero attached hydrogens (tertiary/aromatic N) is 6. The van der Waals surface area contributed by atoms with Crippen molar-refractivity contribution in [3.05, 3.63) is 418 Å². The summed E-state index contributed by atoms with van der Waals surface area (Å²) in [6.07, 6.45) is 0. The van der Waals surface area contributed by atoms with Crippen molar-refractivity contribution in [2.75, 3.05) is 50.5 Å². The van der Waals surface area contributed by atoms with Crippen molar-refractivity contribution in [2.45, 2.75) is 13.8 Å². The third-order valence-electron chi connectivity index (χ3n) is 21.2. The maximum atomic E-state index is 2.33. The fraction of sp³-hybridized carbons (Fsp3) is 0.0485. The van der Waals surface area contributed by atoms with Crippen LogP contribution in [0.1, 0.15) is 11.1 Å². The molecule has 0 unspecified atom stereocenters. The van der Waals surface area contributed by atoms with Gasteiger partial charge in [-0.15, -0.1) is 0 Å². The zero-order valence-electron chi connectivity index (χ0n) is 61.9. The Morgan fingerprint density at radius 2 is 0.440 bits per heavy atom. The number of hydrogen-bond donors (Lipinski definition) is 0. The van der Waals surface area contributed by atoms with Gasteiger partial charge in [-0.1, -0.05) is 236 Å². The molecule has 0 fully saturated rings. The smallest absolute Gasteiger partial charge is 0.0488 e. The molecule has 0 radical (unpaired) electrons. The van der Waals surface area contributed by atoms with Gasteiger partial charge < -0.3 is 29.4 Å². The molecule has 19 rings (SSSR count). The van der Waals surface area contributed by atoms with E-state index in [2.05, 4.69) is 471 Å². The first-order valence-electron chi connectivity index (χ1n) is 37.4. The van der Waals surface area contributed by atoms with E-state index in [-0.39, 0.29) is 0 Å². The summed E-state index contributed by atoms with van der Waals surface area (Å²) in [7, 11) is 6.40. The van der Waals surface area contributed by atoms with Gasteiger partial charge in [0.2, 0.25) is 0 Å². The Kier molecular flexibility index (Phi) is 18.9. The third kappa shape index (κ3) is 13.9. The van der Waals surface area contributed by atoms with E-state index >= 15 is 0 Å². The molecule has 0 bridgehead atoms. The second-order valence-corrected chi connectivity index (χ2v) is 28.1. The van der Waals surface area contributed by atoms with E-state index in [1.165, 1.54) is 104 Å². The molecular weight excluding hydrogens is 1320 g/mol. The van der Waals surface area contributed by atoms with Gasteiger partial charge in [0.15, 0.2) is 0 Å². The molecule has 6 nitrogen and oxygen atoms in total. The minimum Gasteiger partial charge on any atom is -0.345 e. The normalized spacial score (nSPS) is 11.2. The Bertz CT molecular complexity index is 6320. The van der Waals surface area contributed by atoms with Crippen LogP contribution >= 0.6 is 0 Å². The Morgan fingerprint density at radius 3 is 0.853 bits per heavy atom. The number of para-hydroxylation sites is 3. The van der Waals surface area contributed by atoms with Gasteiger partial charge in [0, 0.05) is 112 Å². The molecule has 524 valence electrons. The van der Waals surface area contributed by atoms with Crippen LogP contribution in [0, 0.1) is 13.8 Å². The minimum absolute atomic E-state index is 1.12. The first-order chi connectivity index (χ1) is 53.6. The van der Waals surface area contributed by atoms with E-state index in [1.54, 1.807) is 0 Å². The lowest BCUT2D eigenvalue weighted by Crippen LogP contribution is -2.12. The molecule has 0 spiro atoms. The highest BCUT2D eigenvalue weighted by molar-refractivity contribution is 6.34. The van der Waals surface area contributed by atoms with Crippen molar-refractivity contribution in [3.63, 3.8) is 0 Å².